The lowest BCUT2D eigenvalue weighted by molar-refractivity contribution is 0.100. The minimum absolute atomic E-state index is 0.197. The minimum atomic E-state index is -0.197. The molecule has 5 nitrogen and oxygen atoms in total. The minimum Gasteiger partial charge on any atom is -0.330 e. The van der Waals surface area contributed by atoms with Gasteiger partial charge in [0.1, 0.15) is 5.69 Å². The Hall–Kier alpha value is -1.66. The van der Waals surface area contributed by atoms with Gasteiger partial charge in [0.05, 0.1) is 5.01 Å². The summed E-state index contributed by atoms with van der Waals surface area (Å²) >= 11 is 1.46. The fourth-order valence-electron chi connectivity index (χ4n) is 1.66. The number of aryl methyl sites for hydroxylation is 2. The lowest BCUT2D eigenvalue weighted by Crippen LogP contribution is -2.25. The van der Waals surface area contributed by atoms with Crippen LogP contribution in [0.4, 0.5) is 0 Å². The van der Waals surface area contributed by atoms with E-state index in [1.807, 2.05) is 26.0 Å². The van der Waals surface area contributed by atoms with Gasteiger partial charge in [0.25, 0.3) is 5.91 Å². The first-order valence-corrected chi connectivity index (χ1v) is 6.60. The number of carbonyl (C=O) groups is 1. The van der Waals surface area contributed by atoms with Crippen molar-refractivity contribution >= 4 is 17.2 Å². The number of thiazole rings is 1. The lowest BCUT2D eigenvalue weighted by atomic mass is 10.4. The molecule has 0 saturated heterocycles. The quantitative estimate of drug-likeness (QED) is 0.877. The van der Waals surface area contributed by atoms with E-state index < -0.39 is 0 Å². The van der Waals surface area contributed by atoms with Gasteiger partial charge >= 0.3 is 0 Å². The summed E-state index contributed by atoms with van der Waals surface area (Å²) in [4.78, 5) is 16.3. The molecule has 2 rings (SSSR count). The highest BCUT2D eigenvalue weighted by Crippen LogP contribution is 2.11. The van der Waals surface area contributed by atoms with Gasteiger partial charge in [-0.3, -0.25) is 14.9 Å². The van der Waals surface area contributed by atoms with Crippen molar-refractivity contribution in [3.8, 4) is 0 Å². The standard InChI is InChI=1S/C12H16N4OS/c1-8-3-4-9(2)16(8)15-12(17)10-7-18-11(14-10)5-6-13/h3-4,7H,5-6,13H2,1-2H3,(H,15,17). The van der Waals surface area contributed by atoms with Gasteiger partial charge < -0.3 is 5.73 Å². The third kappa shape index (κ3) is 2.60. The second kappa shape index (κ2) is 5.32. The monoisotopic (exact) mass is 264 g/mol. The molecule has 2 aromatic heterocycles. The van der Waals surface area contributed by atoms with Crippen molar-refractivity contribution < 1.29 is 4.79 Å². The van der Waals surface area contributed by atoms with Gasteiger partial charge in [-0.1, -0.05) is 0 Å². The van der Waals surface area contributed by atoms with Crippen molar-refractivity contribution in [1.82, 2.24) is 9.66 Å². The molecule has 3 N–H and O–H groups in total. The van der Waals surface area contributed by atoms with Crippen LogP contribution in [0.2, 0.25) is 0 Å². The topological polar surface area (TPSA) is 72.9 Å². The molecule has 0 bridgehead atoms. The molecule has 0 atom stereocenters. The third-order valence-electron chi connectivity index (χ3n) is 2.63. The summed E-state index contributed by atoms with van der Waals surface area (Å²) in [5.41, 5.74) is 10.7. The Kier molecular flexibility index (Phi) is 3.78. The normalized spacial score (nSPS) is 10.6. The first-order valence-electron chi connectivity index (χ1n) is 5.72. The van der Waals surface area contributed by atoms with Gasteiger partial charge in [0.15, 0.2) is 0 Å². The molecule has 0 fully saturated rings. The highest BCUT2D eigenvalue weighted by Gasteiger charge is 2.12. The van der Waals surface area contributed by atoms with E-state index in [0.717, 1.165) is 16.4 Å². The van der Waals surface area contributed by atoms with E-state index in [2.05, 4.69) is 10.4 Å². The number of carbonyl (C=O) groups excluding carboxylic acids is 1. The molecule has 0 aromatic carbocycles. The molecule has 1 amide bonds. The van der Waals surface area contributed by atoms with E-state index in [1.165, 1.54) is 11.3 Å². The molecule has 0 saturated carbocycles. The molecule has 6 heteroatoms. The number of aromatic nitrogens is 2. The molecule has 96 valence electrons. The predicted octanol–water partition coefficient (Wildman–Crippen LogP) is 1.45. The van der Waals surface area contributed by atoms with Gasteiger partial charge in [0, 0.05) is 23.2 Å². The van der Waals surface area contributed by atoms with Crippen molar-refractivity contribution in [3.05, 3.63) is 39.6 Å². The Morgan fingerprint density at radius 3 is 2.72 bits per heavy atom. The average molecular weight is 264 g/mol. The summed E-state index contributed by atoms with van der Waals surface area (Å²) in [5, 5.41) is 2.65. The summed E-state index contributed by atoms with van der Waals surface area (Å²) in [6.45, 7) is 4.42. The molecule has 0 radical (unpaired) electrons. The largest absolute Gasteiger partial charge is 0.330 e. The molecule has 0 aliphatic rings. The van der Waals surface area contributed by atoms with Crippen LogP contribution < -0.4 is 11.2 Å². The van der Waals surface area contributed by atoms with Crippen LogP contribution in [-0.2, 0) is 6.42 Å². The number of nitrogens with zero attached hydrogens (tertiary/aromatic N) is 2. The maximum absolute atomic E-state index is 12.0. The zero-order valence-corrected chi connectivity index (χ0v) is 11.3. The Balaban J connectivity index is 2.12. The smallest absolute Gasteiger partial charge is 0.289 e. The number of hydrogen-bond acceptors (Lipinski definition) is 4. The van der Waals surface area contributed by atoms with Crippen molar-refractivity contribution in [3.63, 3.8) is 0 Å². The van der Waals surface area contributed by atoms with Crippen LogP contribution in [0.15, 0.2) is 17.5 Å². The summed E-state index contributed by atoms with van der Waals surface area (Å²) in [5.74, 6) is -0.197. The number of hydrogen-bond donors (Lipinski definition) is 2. The summed E-state index contributed by atoms with van der Waals surface area (Å²) in [7, 11) is 0. The molecular formula is C12H16N4OS. The van der Waals surface area contributed by atoms with Gasteiger partial charge in [0.2, 0.25) is 0 Å². The van der Waals surface area contributed by atoms with E-state index in [0.29, 0.717) is 18.7 Å². The molecular weight excluding hydrogens is 248 g/mol. The Morgan fingerprint density at radius 2 is 2.11 bits per heavy atom. The molecule has 0 unspecified atom stereocenters. The van der Waals surface area contributed by atoms with Crippen molar-refractivity contribution in [2.24, 2.45) is 5.73 Å². The van der Waals surface area contributed by atoms with Crippen molar-refractivity contribution in [1.29, 1.82) is 0 Å². The van der Waals surface area contributed by atoms with Crippen molar-refractivity contribution in [2.45, 2.75) is 20.3 Å². The number of nitrogens with two attached hydrogens (primary N) is 1. The van der Waals surface area contributed by atoms with E-state index >= 15 is 0 Å². The first-order chi connectivity index (χ1) is 8.61. The third-order valence-corrected chi connectivity index (χ3v) is 3.54. The summed E-state index contributed by atoms with van der Waals surface area (Å²) in [6.07, 6.45) is 0.708. The highest BCUT2D eigenvalue weighted by atomic mass is 32.1. The average Bonchev–Trinajstić information content (AvgIpc) is 2.91. The molecule has 2 heterocycles. The number of rotatable bonds is 4. The highest BCUT2D eigenvalue weighted by molar-refractivity contribution is 7.09. The Bertz CT molecular complexity index is 539. The zero-order chi connectivity index (χ0) is 13.1. The second-order valence-electron chi connectivity index (χ2n) is 4.06. The lowest BCUT2D eigenvalue weighted by Gasteiger charge is -2.09. The first kappa shape index (κ1) is 12.8. The van der Waals surface area contributed by atoms with Gasteiger partial charge in [-0.2, -0.15) is 0 Å². The second-order valence-corrected chi connectivity index (χ2v) is 5.00. The molecule has 0 aliphatic heterocycles. The van der Waals surface area contributed by atoms with E-state index in [4.69, 9.17) is 5.73 Å². The predicted molar refractivity (Wildman–Crippen MR) is 72.5 cm³/mol. The van der Waals surface area contributed by atoms with Crippen LogP contribution in [-0.4, -0.2) is 22.1 Å². The molecule has 0 aliphatic carbocycles. The summed E-state index contributed by atoms with van der Waals surface area (Å²) in [6, 6.07) is 3.91. The van der Waals surface area contributed by atoms with Gasteiger partial charge in [-0.05, 0) is 32.5 Å². The Morgan fingerprint density at radius 1 is 1.44 bits per heavy atom. The zero-order valence-electron chi connectivity index (χ0n) is 10.4. The van der Waals surface area contributed by atoms with Gasteiger partial charge in [-0.15, -0.1) is 11.3 Å². The number of nitrogens with one attached hydrogen (secondary N) is 1. The van der Waals surface area contributed by atoms with E-state index in [-0.39, 0.29) is 5.91 Å². The fourth-order valence-corrected chi connectivity index (χ4v) is 2.45. The van der Waals surface area contributed by atoms with Crippen LogP contribution in [0.5, 0.6) is 0 Å². The molecule has 18 heavy (non-hydrogen) atoms. The molecule has 0 spiro atoms. The van der Waals surface area contributed by atoms with E-state index in [1.54, 1.807) is 10.1 Å². The van der Waals surface area contributed by atoms with E-state index in [9.17, 15) is 4.79 Å². The van der Waals surface area contributed by atoms with Crippen LogP contribution in [0, 0.1) is 13.8 Å². The maximum atomic E-state index is 12.0. The summed E-state index contributed by atoms with van der Waals surface area (Å²) < 4.78 is 1.75. The van der Waals surface area contributed by atoms with Crippen LogP contribution in [0.3, 0.4) is 0 Å². The maximum Gasteiger partial charge on any atom is 0.289 e. The number of amides is 1. The van der Waals surface area contributed by atoms with Crippen LogP contribution in [0.1, 0.15) is 26.9 Å². The SMILES string of the molecule is Cc1ccc(C)n1NC(=O)c1csc(CCN)n1. The van der Waals surface area contributed by atoms with Gasteiger partial charge in [-0.25, -0.2) is 4.98 Å². The molecule has 2 aromatic rings. The Labute approximate surface area is 110 Å². The van der Waals surface area contributed by atoms with Crippen molar-refractivity contribution in [2.75, 3.05) is 12.0 Å². The fraction of sp³-hybridized carbons (Fsp3) is 0.333. The van der Waals surface area contributed by atoms with Crippen LogP contribution >= 0.6 is 11.3 Å². The van der Waals surface area contributed by atoms with Crippen LogP contribution in [0.25, 0.3) is 0 Å².